The van der Waals surface area contributed by atoms with Crippen molar-refractivity contribution in [2.24, 2.45) is 5.73 Å². The minimum absolute atomic E-state index is 0. The number of methoxy groups -OCH3 is 1. The second-order valence-corrected chi connectivity index (χ2v) is 14.6. The molecule has 18 heteroatoms. The molecule has 0 saturated carbocycles. The van der Waals surface area contributed by atoms with E-state index in [1.807, 2.05) is 121 Å². The Morgan fingerprint density at radius 2 is 0.909 bits per heavy atom. The van der Waals surface area contributed by atoms with E-state index in [-0.39, 0.29) is 34.8 Å². The van der Waals surface area contributed by atoms with E-state index in [1.54, 1.807) is 7.11 Å². The first kappa shape index (κ1) is 67.8. The predicted molar refractivity (Wildman–Crippen MR) is 284 cm³/mol. The number of esters is 2. The Labute approximate surface area is 430 Å². The van der Waals surface area contributed by atoms with Gasteiger partial charge >= 0.3 is 17.9 Å². The number of carboxylic acid groups (broad SMARTS) is 1. The largest absolute Gasteiger partial charge is 0.478 e. The highest BCUT2D eigenvalue weighted by Gasteiger charge is 2.13. The Bertz CT molecular complexity index is 1910. The van der Waals surface area contributed by atoms with Crippen LogP contribution in [-0.2, 0) is 64.4 Å². The van der Waals surface area contributed by atoms with E-state index < -0.39 is 17.9 Å². The van der Waals surface area contributed by atoms with E-state index in [0.29, 0.717) is 38.1 Å². The second-order valence-electron chi connectivity index (χ2n) is 11.7. The molecule has 0 bridgehead atoms. The Balaban J connectivity index is -0.000000355. The zero-order chi connectivity index (χ0) is 49.7. The van der Waals surface area contributed by atoms with Crippen molar-refractivity contribution in [2.45, 2.75) is 43.3 Å². The molecule has 0 radical (unpaired) electrons. The zero-order valence-corrected chi connectivity index (χ0v) is 43.7. The van der Waals surface area contributed by atoms with Crippen molar-refractivity contribution in [1.82, 2.24) is 16.0 Å². The monoisotopic (exact) mass is 1230 g/mol. The number of carboxylic acids is 1. The molecule has 0 spiro atoms. The van der Waals surface area contributed by atoms with Crippen LogP contribution in [0.1, 0.15) is 29.7 Å². The lowest BCUT2D eigenvalue weighted by atomic mass is 10.2. The van der Waals surface area contributed by atoms with Crippen LogP contribution >= 0.6 is 76.0 Å². The minimum atomic E-state index is -0.981. The maximum atomic E-state index is 11.5. The van der Waals surface area contributed by atoms with Crippen molar-refractivity contribution in [3.63, 3.8) is 0 Å². The van der Waals surface area contributed by atoms with Crippen molar-refractivity contribution >= 4 is 112 Å². The average Bonchev–Trinajstić information content (AvgIpc) is 3.36. The first-order chi connectivity index (χ1) is 31.2. The van der Waals surface area contributed by atoms with E-state index in [1.165, 1.54) is 11.6 Å². The number of carbonyl (C=O) groups is 6. The summed E-state index contributed by atoms with van der Waals surface area (Å²) in [6, 6.07) is 39.4. The highest BCUT2D eigenvalue weighted by molar-refractivity contribution is 9.93. The maximum Gasteiger partial charge on any atom is 0.338 e. The zero-order valence-electron chi connectivity index (χ0n) is 35.8. The number of carbonyl (C=O) groups excluding carboxylic acids is 5. The number of halogens is 5. The third-order valence-corrected chi connectivity index (χ3v) is 9.86. The number of ether oxygens (including phenoxy) is 2. The lowest BCUT2D eigenvalue weighted by Gasteiger charge is -2.09. The van der Waals surface area contributed by atoms with Gasteiger partial charge in [0.15, 0.2) is 0 Å². The van der Waals surface area contributed by atoms with Crippen LogP contribution in [0.4, 0.5) is 0 Å². The van der Waals surface area contributed by atoms with Gasteiger partial charge in [-0.1, -0.05) is 203 Å². The van der Waals surface area contributed by atoms with Gasteiger partial charge in [-0.15, -0.1) is 0 Å². The van der Waals surface area contributed by atoms with Crippen LogP contribution in [0.15, 0.2) is 172 Å². The summed E-state index contributed by atoms with van der Waals surface area (Å²) < 4.78 is 8.90. The smallest absolute Gasteiger partial charge is 0.338 e. The highest BCUT2D eigenvalue weighted by atomic mass is 80.9. The molecule has 0 aromatic heterocycles. The molecule has 4 aromatic rings. The highest BCUT2D eigenvalue weighted by Crippen LogP contribution is 2.05. The van der Waals surface area contributed by atoms with Gasteiger partial charge in [0.2, 0.25) is 17.7 Å². The fourth-order valence-corrected chi connectivity index (χ4v) is 4.62. The van der Waals surface area contributed by atoms with Crippen molar-refractivity contribution in [3.8, 4) is 0 Å². The molecular weight excluding hydrogens is 1180 g/mol. The standard InChI is InChI=1S/C11H14BrNO2.C10H11Br2NO.C10H11NO.C7H9N.C6H6O3.C3H4O2.CH4.Br2/c1-15-8-10(12)11(14)13-7-9-5-3-2-4-6-9;11-6-9(12)10(14)13-7-8-4-2-1-3-5-8;1-2-10(12)11-8-9-6-4-3-5-7-9;8-6-7-4-2-1-3-5-7;1-3-5(7)9-6(8)4-2;1-2-3(4)5;;1-2/h2-6,10H,7-8H2,1H3,(H,13,14);1-5,9H,6-7H2,(H,13,14);2-7H,1,8H2,(H,11,12);1-5H,6,8H2;3-4H,1-2H2;2H,1H2,(H,4,5);1H4;. The van der Waals surface area contributed by atoms with Gasteiger partial charge < -0.3 is 36.3 Å². The first-order valence-electron chi connectivity index (χ1n) is 18.9. The number of nitrogens with two attached hydrogens (primary N) is 1. The third-order valence-electron chi connectivity index (χ3n) is 6.92. The normalized spacial score (nSPS) is 9.68. The summed E-state index contributed by atoms with van der Waals surface area (Å²) in [5.74, 6) is -2.70. The summed E-state index contributed by atoms with van der Waals surface area (Å²) in [5, 5.41) is 16.6. The van der Waals surface area contributed by atoms with Crippen LogP contribution < -0.4 is 21.7 Å². The summed E-state index contributed by atoms with van der Waals surface area (Å²) in [6.45, 7) is 15.2. The molecular formula is C48H59Br5N4O9. The molecule has 3 amide bonds. The number of hydrogen-bond donors (Lipinski definition) is 5. The van der Waals surface area contributed by atoms with Gasteiger partial charge in [-0.3, -0.25) is 14.4 Å². The van der Waals surface area contributed by atoms with Crippen LogP contribution in [0.3, 0.4) is 0 Å². The van der Waals surface area contributed by atoms with Gasteiger partial charge in [0, 0.05) is 85.1 Å². The van der Waals surface area contributed by atoms with Crippen molar-refractivity contribution in [2.75, 3.05) is 19.0 Å². The number of rotatable bonds is 16. The molecule has 13 nitrogen and oxygen atoms in total. The van der Waals surface area contributed by atoms with E-state index in [9.17, 15) is 28.8 Å². The van der Waals surface area contributed by atoms with Gasteiger partial charge in [0.25, 0.3) is 0 Å². The molecule has 0 aliphatic carbocycles. The van der Waals surface area contributed by atoms with Crippen molar-refractivity contribution in [3.05, 3.63) is 194 Å². The van der Waals surface area contributed by atoms with Gasteiger partial charge in [0.1, 0.15) is 9.65 Å². The fourth-order valence-electron chi connectivity index (χ4n) is 3.74. The Morgan fingerprint density at radius 1 is 0.591 bits per heavy atom. The van der Waals surface area contributed by atoms with Gasteiger partial charge in [-0.05, 0) is 28.3 Å². The van der Waals surface area contributed by atoms with Crippen LogP contribution in [0.25, 0.3) is 0 Å². The number of amides is 3. The molecule has 0 heterocycles. The molecule has 0 aliphatic rings. The molecule has 0 aliphatic heterocycles. The van der Waals surface area contributed by atoms with Crippen LogP contribution in [0.2, 0.25) is 0 Å². The summed E-state index contributed by atoms with van der Waals surface area (Å²) >= 11 is 15.2. The topological polar surface area (TPSA) is 203 Å². The van der Waals surface area contributed by atoms with E-state index in [4.69, 9.17) is 15.6 Å². The van der Waals surface area contributed by atoms with Crippen molar-refractivity contribution < 1.29 is 43.3 Å². The lowest BCUT2D eigenvalue weighted by Crippen LogP contribution is -2.33. The molecule has 360 valence electrons. The molecule has 6 N–H and O–H groups in total. The van der Waals surface area contributed by atoms with Crippen LogP contribution in [0, 0.1) is 0 Å². The van der Waals surface area contributed by atoms with Crippen LogP contribution in [-0.4, -0.2) is 69.4 Å². The van der Waals surface area contributed by atoms with Gasteiger partial charge in [-0.25, -0.2) is 14.4 Å². The quantitative estimate of drug-likeness (QED) is 0.0311. The average molecular weight is 1240 g/mol. The van der Waals surface area contributed by atoms with E-state index >= 15 is 0 Å². The fraction of sp³-hybridized carbons (Fsp3) is 0.208. The van der Waals surface area contributed by atoms with Gasteiger partial charge in [-0.2, -0.15) is 0 Å². The van der Waals surface area contributed by atoms with Gasteiger partial charge in [0.05, 0.1) is 6.61 Å². The SMILES string of the molecule is BrBr.C.C=CC(=O)NCc1ccccc1.C=CC(=O)O.C=CC(=O)OC(=O)C=C.COCC(Br)C(=O)NCc1ccccc1.NCc1ccccc1.O=C(NCc1ccccc1)C(Br)CBr. The number of alkyl halides is 3. The summed E-state index contributed by atoms with van der Waals surface area (Å²) in [7, 11) is 1.57. The molecule has 2 atom stereocenters. The minimum Gasteiger partial charge on any atom is -0.478 e. The van der Waals surface area contributed by atoms with E-state index in [2.05, 4.69) is 123 Å². The number of nitrogens with one attached hydrogen (secondary N) is 3. The number of aliphatic carboxylic acids is 1. The lowest BCUT2D eigenvalue weighted by molar-refractivity contribution is -0.152. The summed E-state index contributed by atoms with van der Waals surface area (Å²) in [5.41, 5.74) is 9.82. The summed E-state index contributed by atoms with van der Waals surface area (Å²) in [4.78, 5) is 62.7. The van der Waals surface area contributed by atoms with E-state index in [0.717, 1.165) is 34.9 Å². The molecule has 4 rings (SSSR count). The predicted octanol–water partition coefficient (Wildman–Crippen LogP) is 9.82. The number of benzene rings is 4. The molecule has 66 heavy (non-hydrogen) atoms. The maximum absolute atomic E-state index is 11.5. The molecule has 0 fully saturated rings. The Morgan fingerprint density at radius 3 is 1.17 bits per heavy atom. The summed E-state index contributed by atoms with van der Waals surface area (Å²) in [6.07, 6.45) is 3.91. The second kappa shape index (κ2) is 48.1. The molecule has 2 unspecified atom stereocenters. The third kappa shape index (κ3) is 41.9. The molecule has 4 aromatic carbocycles. The van der Waals surface area contributed by atoms with Crippen LogP contribution in [0.5, 0.6) is 0 Å². The van der Waals surface area contributed by atoms with Crippen molar-refractivity contribution in [1.29, 1.82) is 0 Å². The number of hydrogen-bond acceptors (Lipinski definition) is 9. The Hall–Kier alpha value is -4.82. The Kier molecular flexibility index (Phi) is 49.4. The first-order valence-corrected chi connectivity index (χ1v) is 25.5. The molecule has 0 saturated heterocycles.